The Hall–Kier alpha value is -1.00. The molecule has 0 saturated carbocycles. The molecular formula is C16H24F2N2. The highest BCUT2D eigenvalue weighted by Gasteiger charge is 2.19. The van der Waals surface area contributed by atoms with E-state index in [1.54, 1.807) is 12.1 Å². The Morgan fingerprint density at radius 1 is 1.30 bits per heavy atom. The number of hydrogen-bond donors (Lipinski definition) is 1. The summed E-state index contributed by atoms with van der Waals surface area (Å²) >= 11 is 0. The minimum atomic E-state index is -2.37. The van der Waals surface area contributed by atoms with E-state index in [1.807, 2.05) is 6.07 Å². The molecule has 1 heterocycles. The lowest BCUT2D eigenvalue weighted by Crippen LogP contribution is -2.36. The molecule has 4 heteroatoms. The van der Waals surface area contributed by atoms with Crippen LogP contribution in [0.4, 0.5) is 8.78 Å². The minimum absolute atomic E-state index is 0.129. The van der Waals surface area contributed by atoms with E-state index in [9.17, 15) is 8.78 Å². The molecule has 0 aliphatic carbocycles. The quantitative estimate of drug-likeness (QED) is 0.859. The van der Waals surface area contributed by atoms with Gasteiger partial charge in [-0.2, -0.15) is 0 Å². The Morgan fingerprint density at radius 3 is 2.70 bits per heavy atom. The Balaban J connectivity index is 1.82. The first kappa shape index (κ1) is 15.4. The maximum absolute atomic E-state index is 12.7. The van der Waals surface area contributed by atoms with Crippen LogP contribution in [0.15, 0.2) is 24.3 Å². The highest BCUT2D eigenvalue weighted by atomic mass is 19.3. The zero-order valence-electron chi connectivity index (χ0n) is 12.1. The van der Waals surface area contributed by atoms with E-state index in [2.05, 4.69) is 17.1 Å². The molecule has 20 heavy (non-hydrogen) atoms. The summed E-state index contributed by atoms with van der Waals surface area (Å²) in [6.45, 7) is 7.18. The summed E-state index contributed by atoms with van der Waals surface area (Å²) in [6, 6.07) is 6.80. The highest BCUT2D eigenvalue weighted by Crippen LogP contribution is 2.22. The third kappa shape index (κ3) is 4.53. The molecule has 1 aliphatic heterocycles. The fraction of sp³-hybridized carbons (Fsp3) is 0.625. The van der Waals surface area contributed by atoms with Crippen LogP contribution in [0.25, 0.3) is 0 Å². The summed E-state index contributed by atoms with van der Waals surface area (Å²) in [5, 5.41) is 3.40. The summed E-state index contributed by atoms with van der Waals surface area (Å²) < 4.78 is 25.3. The van der Waals surface area contributed by atoms with E-state index in [0.717, 1.165) is 44.2 Å². The Kier molecular flexibility index (Phi) is 5.92. The second kappa shape index (κ2) is 7.70. The fourth-order valence-electron chi connectivity index (χ4n) is 2.78. The van der Waals surface area contributed by atoms with Crippen LogP contribution in [0.3, 0.4) is 0 Å². The lowest BCUT2D eigenvalue weighted by molar-refractivity contribution is 0.150. The van der Waals surface area contributed by atoms with E-state index in [-0.39, 0.29) is 5.56 Å². The van der Waals surface area contributed by atoms with Crippen molar-refractivity contribution in [2.24, 2.45) is 5.92 Å². The third-order valence-electron chi connectivity index (χ3n) is 4.00. The molecule has 1 N–H and O–H groups in total. The van der Waals surface area contributed by atoms with Gasteiger partial charge < -0.3 is 5.32 Å². The molecule has 2 nitrogen and oxygen atoms in total. The predicted octanol–water partition coefficient (Wildman–Crippen LogP) is 3.45. The number of hydrogen-bond acceptors (Lipinski definition) is 2. The Labute approximate surface area is 120 Å². The molecule has 1 aromatic rings. The van der Waals surface area contributed by atoms with Gasteiger partial charge in [-0.15, -0.1) is 0 Å². The van der Waals surface area contributed by atoms with Crippen molar-refractivity contribution < 1.29 is 8.78 Å². The first-order valence-corrected chi connectivity index (χ1v) is 7.49. The molecule has 1 aliphatic rings. The van der Waals surface area contributed by atoms with Crippen LogP contribution < -0.4 is 5.32 Å². The van der Waals surface area contributed by atoms with Gasteiger partial charge in [0, 0.05) is 12.1 Å². The first-order valence-electron chi connectivity index (χ1n) is 7.49. The summed E-state index contributed by atoms with van der Waals surface area (Å²) in [4.78, 5) is 2.37. The van der Waals surface area contributed by atoms with Gasteiger partial charge in [-0.05, 0) is 56.6 Å². The van der Waals surface area contributed by atoms with Crippen molar-refractivity contribution in [3.05, 3.63) is 35.4 Å². The van der Waals surface area contributed by atoms with Crippen molar-refractivity contribution in [2.75, 3.05) is 26.2 Å². The topological polar surface area (TPSA) is 15.3 Å². The molecule has 0 radical (unpaired) electrons. The molecule has 1 fully saturated rings. The summed E-state index contributed by atoms with van der Waals surface area (Å²) in [6.07, 6.45) is 0.0177. The zero-order valence-corrected chi connectivity index (χ0v) is 12.1. The van der Waals surface area contributed by atoms with Crippen LogP contribution >= 0.6 is 0 Å². The number of rotatable bonds is 6. The predicted molar refractivity (Wildman–Crippen MR) is 77.9 cm³/mol. The number of piperidine rings is 1. The van der Waals surface area contributed by atoms with Crippen molar-refractivity contribution in [2.45, 2.75) is 32.7 Å². The second-order valence-electron chi connectivity index (χ2n) is 5.57. The van der Waals surface area contributed by atoms with Gasteiger partial charge in [0.15, 0.2) is 0 Å². The standard InChI is InChI=1S/C16H24F2N2/c1-2-19-11-13-6-8-20(9-7-13)12-14-4-3-5-15(10-14)16(17)18/h3-5,10,13,16,19H,2,6-9,11-12H2,1H3. The molecule has 0 bridgehead atoms. The van der Waals surface area contributed by atoms with Gasteiger partial charge in [0.1, 0.15) is 0 Å². The molecule has 0 amide bonds. The van der Waals surface area contributed by atoms with Crippen LogP contribution in [-0.4, -0.2) is 31.1 Å². The van der Waals surface area contributed by atoms with Crippen molar-refractivity contribution in [3.8, 4) is 0 Å². The average Bonchev–Trinajstić information content (AvgIpc) is 2.47. The van der Waals surface area contributed by atoms with Gasteiger partial charge >= 0.3 is 0 Å². The number of nitrogens with one attached hydrogen (secondary N) is 1. The number of alkyl halides is 2. The lowest BCUT2D eigenvalue weighted by Gasteiger charge is -2.32. The fourth-order valence-corrected chi connectivity index (χ4v) is 2.78. The van der Waals surface area contributed by atoms with Gasteiger partial charge in [-0.1, -0.05) is 25.1 Å². The van der Waals surface area contributed by atoms with Crippen LogP contribution in [0.1, 0.15) is 37.3 Å². The SMILES string of the molecule is CCNCC1CCN(Cc2cccc(C(F)F)c2)CC1. The molecule has 112 valence electrons. The van der Waals surface area contributed by atoms with Gasteiger partial charge in [0.2, 0.25) is 0 Å². The van der Waals surface area contributed by atoms with E-state index in [4.69, 9.17) is 0 Å². The molecule has 2 rings (SSSR count). The van der Waals surface area contributed by atoms with Gasteiger partial charge in [0.05, 0.1) is 0 Å². The van der Waals surface area contributed by atoms with E-state index >= 15 is 0 Å². The smallest absolute Gasteiger partial charge is 0.263 e. The van der Waals surface area contributed by atoms with Crippen molar-refractivity contribution in [1.29, 1.82) is 0 Å². The highest BCUT2D eigenvalue weighted by molar-refractivity contribution is 5.24. The molecule has 0 spiro atoms. The number of nitrogens with zero attached hydrogens (tertiary/aromatic N) is 1. The molecule has 0 aromatic heterocycles. The van der Waals surface area contributed by atoms with Crippen LogP contribution in [-0.2, 0) is 6.54 Å². The Morgan fingerprint density at radius 2 is 2.05 bits per heavy atom. The van der Waals surface area contributed by atoms with E-state index in [0.29, 0.717) is 0 Å². The van der Waals surface area contributed by atoms with Crippen molar-refractivity contribution in [3.63, 3.8) is 0 Å². The molecule has 0 unspecified atom stereocenters. The zero-order chi connectivity index (χ0) is 14.4. The first-order chi connectivity index (χ1) is 9.69. The number of likely N-dealkylation sites (tertiary alicyclic amines) is 1. The van der Waals surface area contributed by atoms with Gasteiger partial charge in [-0.25, -0.2) is 8.78 Å². The Bertz CT molecular complexity index is 401. The molecule has 1 aromatic carbocycles. The average molecular weight is 282 g/mol. The van der Waals surface area contributed by atoms with Gasteiger partial charge in [0.25, 0.3) is 6.43 Å². The summed E-state index contributed by atoms with van der Waals surface area (Å²) in [5.74, 6) is 0.763. The molecule has 0 atom stereocenters. The largest absolute Gasteiger partial charge is 0.317 e. The third-order valence-corrected chi connectivity index (χ3v) is 4.00. The second-order valence-corrected chi connectivity index (χ2v) is 5.57. The summed E-state index contributed by atoms with van der Waals surface area (Å²) in [7, 11) is 0. The van der Waals surface area contributed by atoms with E-state index in [1.165, 1.54) is 18.9 Å². The summed E-state index contributed by atoms with van der Waals surface area (Å²) in [5.41, 5.74) is 1.12. The van der Waals surface area contributed by atoms with Crippen LogP contribution in [0.5, 0.6) is 0 Å². The maximum atomic E-state index is 12.7. The number of halogens is 2. The lowest BCUT2D eigenvalue weighted by atomic mass is 9.96. The maximum Gasteiger partial charge on any atom is 0.263 e. The minimum Gasteiger partial charge on any atom is -0.317 e. The normalized spacial score (nSPS) is 17.8. The molecular weight excluding hydrogens is 258 g/mol. The monoisotopic (exact) mass is 282 g/mol. The van der Waals surface area contributed by atoms with E-state index < -0.39 is 6.43 Å². The van der Waals surface area contributed by atoms with Crippen LogP contribution in [0.2, 0.25) is 0 Å². The van der Waals surface area contributed by atoms with Crippen LogP contribution in [0, 0.1) is 5.92 Å². The molecule has 1 saturated heterocycles. The number of benzene rings is 1. The van der Waals surface area contributed by atoms with Crippen molar-refractivity contribution >= 4 is 0 Å². The van der Waals surface area contributed by atoms with Crippen molar-refractivity contribution in [1.82, 2.24) is 10.2 Å². The van der Waals surface area contributed by atoms with Gasteiger partial charge in [-0.3, -0.25) is 4.90 Å².